The van der Waals surface area contributed by atoms with E-state index in [0.717, 1.165) is 5.92 Å². The summed E-state index contributed by atoms with van der Waals surface area (Å²) in [5.74, 6) is 1.04. The third-order valence-corrected chi connectivity index (χ3v) is 6.15. The lowest BCUT2D eigenvalue weighted by molar-refractivity contribution is 0.206. The molecule has 21 heavy (non-hydrogen) atoms. The molecule has 0 amide bonds. The molecule has 2 fully saturated rings. The van der Waals surface area contributed by atoms with E-state index in [2.05, 4.69) is 39.4 Å². The zero-order valence-electron chi connectivity index (χ0n) is 12.6. The molecule has 0 bridgehead atoms. The summed E-state index contributed by atoms with van der Waals surface area (Å²) in [7, 11) is 0. The van der Waals surface area contributed by atoms with Crippen LogP contribution in [-0.4, -0.2) is 37.6 Å². The first-order valence-electron chi connectivity index (χ1n) is 8.34. The predicted molar refractivity (Wildman–Crippen MR) is 92.4 cm³/mol. The summed E-state index contributed by atoms with van der Waals surface area (Å²) in [6.45, 7) is 6.14. The van der Waals surface area contributed by atoms with E-state index in [-0.39, 0.29) is 0 Å². The average molecular weight is 300 g/mol. The molecule has 1 saturated heterocycles. The van der Waals surface area contributed by atoms with Crippen molar-refractivity contribution in [1.29, 1.82) is 0 Å². The largest absolute Gasteiger partial charge is 0.368 e. The Morgan fingerprint density at radius 1 is 1.05 bits per heavy atom. The van der Waals surface area contributed by atoms with Crippen LogP contribution in [0.25, 0.3) is 10.1 Å². The van der Waals surface area contributed by atoms with Gasteiger partial charge in [-0.3, -0.25) is 4.90 Å². The van der Waals surface area contributed by atoms with E-state index in [4.69, 9.17) is 0 Å². The van der Waals surface area contributed by atoms with Gasteiger partial charge in [0.1, 0.15) is 0 Å². The molecular formula is C18H24N2S. The molecule has 1 aliphatic heterocycles. The summed E-state index contributed by atoms with van der Waals surface area (Å²) in [6.07, 6.45) is 5.88. The van der Waals surface area contributed by atoms with Crippen molar-refractivity contribution in [2.75, 3.05) is 37.6 Å². The molecule has 3 heteroatoms. The Hall–Kier alpha value is -1.06. The maximum Gasteiger partial charge on any atom is 0.0455 e. The maximum atomic E-state index is 2.67. The molecule has 1 aliphatic carbocycles. The number of hydrogen-bond acceptors (Lipinski definition) is 3. The van der Waals surface area contributed by atoms with Crippen molar-refractivity contribution in [3.8, 4) is 0 Å². The zero-order valence-corrected chi connectivity index (χ0v) is 13.4. The molecule has 1 saturated carbocycles. The van der Waals surface area contributed by atoms with Gasteiger partial charge in [0.05, 0.1) is 0 Å². The fourth-order valence-corrected chi connectivity index (χ4v) is 4.42. The van der Waals surface area contributed by atoms with Gasteiger partial charge in [0.15, 0.2) is 0 Å². The molecule has 2 nitrogen and oxygen atoms in total. The molecule has 2 heterocycles. The first-order chi connectivity index (χ1) is 10.4. The Morgan fingerprint density at radius 3 is 2.67 bits per heavy atom. The van der Waals surface area contributed by atoms with E-state index in [9.17, 15) is 0 Å². The maximum absolute atomic E-state index is 2.67. The average Bonchev–Trinajstić information content (AvgIpc) is 2.95. The Balaban J connectivity index is 1.37. The van der Waals surface area contributed by atoms with E-state index in [1.54, 1.807) is 0 Å². The van der Waals surface area contributed by atoms with Gasteiger partial charge in [-0.1, -0.05) is 25.3 Å². The summed E-state index contributed by atoms with van der Waals surface area (Å²) in [5, 5.41) is 3.65. The fraction of sp³-hybridized carbons (Fsp3) is 0.556. The third kappa shape index (κ3) is 2.82. The number of hydrogen-bond donors (Lipinski definition) is 0. The van der Waals surface area contributed by atoms with E-state index in [0.29, 0.717) is 0 Å². The Kier molecular flexibility index (Phi) is 3.87. The zero-order chi connectivity index (χ0) is 14.1. The number of nitrogens with zero attached hydrogens (tertiary/aromatic N) is 2. The summed E-state index contributed by atoms with van der Waals surface area (Å²) < 4.78 is 1.42. The van der Waals surface area contributed by atoms with Crippen LogP contribution in [0.2, 0.25) is 0 Å². The first kappa shape index (κ1) is 13.6. The quantitative estimate of drug-likeness (QED) is 0.834. The van der Waals surface area contributed by atoms with Gasteiger partial charge < -0.3 is 4.90 Å². The lowest BCUT2D eigenvalue weighted by Crippen LogP contribution is -2.47. The van der Waals surface area contributed by atoms with E-state index in [1.165, 1.54) is 74.2 Å². The Morgan fingerprint density at radius 2 is 1.90 bits per heavy atom. The molecule has 2 aromatic rings. The smallest absolute Gasteiger partial charge is 0.0455 e. The SMILES string of the molecule is c1cc(N2CCN(CCC3CCC3)CC2)c2ccsc2c1. The lowest BCUT2D eigenvalue weighted by atomic mass is 9.83. The number of fused-ring (bicyclic) bond motifs is 1. The van der Waals surface area contributed by atoms with E-state index in [1.807, 2.05) is 11.3 Å². The van der Waals surface area contributed by atoms with Crippen LogP contribution in [0, 0.1) is 5.92 Å². The van der Waals surface area contributed by atoms with E-state index >= 15 is 0 Å². The van der Waals surface area contributed by atoms with Gasteiger partial charge in [-0.15, -0.1) is 11.3 Å². The molecule has 112 valence electrons. The summed E-state index contributed by atoms with van der Waals surface area (Å²) >= 11 is 1.85. The summed E-state index contributed by atoms with van der Waals surface area (Å²) in [5.41, 5.74) is 1.44. The van der Waals surface area contributed by atoms with Gasteiger partial charge >= 0.3 is 0 Å². The molecular weight excluding hydrogens is 276 g/mol. The minimum absolute atomic E-state index is 1.04. The van der Waals surface area contributed by atoms with Crippen LogP contribution in [0.4, 0.5) is 5.69 Å². The second-order valence-corrected chi connectivity index (χ2v) is 7.47. The number of piperazine rings is 1. The van der Waals surface area contributed by atoms with Gasteiger partial charge in [0.2, 0.25) is 0 Å². The molecule has 0 spiro atoms. The number of thiophene rings is 1. The second kappa shape index (κ2) is 5.98. The molecule has 1 aromatic carbocycles. The second-order valence-electron chi connectivity index (χ2n) is 6.52. The van der Waals surface area contributed by atoms with Crippen LogP contribution in [0.3, 0.4) is 0 Å². The van der Waals surface area contributed by atoms with Crippen LogP contribution in [0.1, 0.15) is 25.7 Å². The first-order valence-corrected chi connectivity index (χ1v) is 9.21. The Bertz CT molecular complexity index is 594. The van der Waals surface area contributed by atoms with Crippen molar-refractivity contribution >= 4 is 27.1 Å². The highest BCUT2D eigenvalue weighted by Crippen LogP contribution is 2.32. The highest BCUT2D eigenvalue weighted by atomic mass is 32.1. The predicted octanol–water partition coefficient (Wildman–Crippen LogP) is 4.21. The van der Waals surface area contributed by atoms with Gasteiger partial charge in [-0.25, -0.2) is 0 Å². The number of rotatable bonds is 4. The van der Waals surface area contributed by atoms with Crippen LogP contribution in [0.15, 0.2) is 29.6 Å². The highest BCUT2D eigenvalue weighted by molar-refractivity contribution is 7.17. The molecule has 0 unspecified atom stereocenters. The minimum atomic E-state index is 1.04. The van der Waals surface area contributed by atoms with Gasteiger partial charge in [0, 0.05) is 42.0 Å². The molecule has 1 aromatic heterocycles. The molecule has 0 N–H and O–H groups in total. The van der Waals surface area contributed by atoms with Crippen molar-refractivity contribution < 1.29 is 0 Å². The number of anilines is 1. The Labute approximate surface area is 131 Å². The minimum Gasteiger partial charge on any atom is -0.368 e. The van der Waals surface area contributed by atoms with Crippen LogP contribution >= 0.6 is 11.3 Å². The van der Waals surface area contributed by atoms with Crippen LogP contribution < -0.4 is 4.90 Å². The van der Waals surface area contributed by atoms with Gasteiger partial charge in [-0.05, 0) is 42.5 Å². The summed E-state index contributed by atoms with van der Waals surface area (Å²) in [4.78, 5) is 5.25. The monoisotopic (exact) mass is 300 g/mol. The van der Waals surface area contributed by atoms with Crippen molar-refractivity contribution in [2.24, 2.45) is 5.92 Å². The fourth-order valence-electron chi connectivity index (χ4n) is 3.61. The molecule has 4 rings (SSSR count). The number of benzene rings is 1. The molecule has 2 aliphatic rings. The van der Waals surface area contributed by atoms with Crippen molar-refractivity contribution in [2.45, 2.75) is 25.7 Å². The van der Waals surface area contributed by atoms with Crippen LogP contribution in [-0.2, 0) is 0 Å². The van der Waals surface area contributed by atoms with Gasteiger partial charge in [-0.2, -0.15) is 0 Å². The molecule has 0 atom stereocenters. The van der Waals surface area contributed by atoms with Crippen LogP contribution in [0.5, 0.6) is 0 Å². The van der Waals surface area contributed by atoms with Crippen molar-refractivity contribution in [1.82, 2.24) is 4.90 Å². The lowest BCUT2D eigenvalue weighted by Gasteiger charge is -2.37. The third-order valence-electron chi connectivity index (χ3n) is 5.26. The highest BCUT2D eigenvalue weighted by Gasteiger charge is 2.21. The standard InChI is InChI=1S/C18H24N2S/c1-3-15(4-1)7-9-19-10-12-20(13-11-19)17-5-2-6-18-16(17)8-14-21-18/h2,5-6,8,14-15H,1,3-4,7,9-13H2. The summed E-state index contributed by atoms with van der Waals surface area (Å²) in [6, 6.07) is 9.01. The topological polar surface area (TPSA) is 6.48 Å². The molecule has 0 radical (unpaired) electrons. The van der Waals surface area contributed by atoms with Crippen molar-refractivity contribution in [3.05, 3.63) is 29.6 Å². The normalized spacial score (nSPS) is 20.9. The van der Waals surface area contributed by atoms with E-state index < -0.39 is 0 Å². The van der Waals surface area contributed by atoms with Crippen molar-refractivity contribution in [3.63, 3.8) is 0 Å². The van der Waals surface area contributed by atoms with Gasteiger partial charge in [0.25, 0.3) is 0 Å².